The van der Waals surface area contributed by atoms with Gasteiger partial charge in [-0.2, -0.15) is 0 Å². The van der Waals surface area contributed by atoms with Crippen molar-refractivity contribution in [1.29, 1.82) is 0 Å². The lowest BCUT2D eigenvalue weighted by Crippen LogP contribution is -2.39. The topological polar surface area (TPSA) is 105 Å². The number of nitrogens with two attached hydrogens (primary N) is 1. The second-order valence-electron chi connectivity index (χ2n) is 8.39. The number of allylic oxidation sites excluding steroid dienone is 1. The van der Waals surface area contributed by atoms with Gasteiger partial charge in [-0.15, -0.1) is 0 Å². The summed E-state index contributed by atoms with van der Waals surface area (Å²) in [7, 11) is 3.51. The third kappa shape index (κ3) is 3.93. The van der Waals surface area contributed by atoms with Crippen molar-refractivity contribution >= 4 is 22.5 Å². The van der Waals surface area contributed by atoms with Gasteiger partial charge in [0.2, 0.25) is 0 Å². The number of amides is 1. The van der Waals surface area contributed by atoms with Crippen LogP contribution in [0.15, 0.2) is 30.7 Å². The van der Waals surface area contributed by atoms with Crippen molar-refractivity contribution in [3.05, 3.63) is 53.8 Å². The Morgan fingerprint density at radius 2 is 2.13 bits per heavy atom. The summed E-state index contributed by atoms with van der Waals surface area (Å²) in [5.74, 6) is 0.746. The number of nitrogens with one attached hydrogen (secondary N) is 2. The number of hydrogen-bond donors (Lipinski definition) is 3. The summed E-state index contributed by atoms with van der Waals surface area (Å²) in [6.45, 7) is 4.79. The molecule has 4 N–H and O–H groups in total. The molecule has 0 unspecified atom stereocenters. The zero-order chi connectivity index (χ0) is 22.2. The minimum Gasteiger partial charge on any atom is -0.404 e. The fourth-order valence-corrected chi connectivity index (χ4v) is 4.31. The molecule has 0 atom stereocenters. The lowest BCUT2D eigenvalue weighted by atomic mass is 9.74. The smallest absolute Gasteiger partial charge is 0.253 e. The number of hydrogen-bond acceptors (Lipinski definition) is 5. The summed E-state index contributed by atoms with van der Waals surface area (Å²) in [4.78, 5) is 26.8. The zero-order valence-electron chi connectivity index (χ0n) is 18.1. The highest BCUT2D eigenvalue weighted by atomic mass is 19.1. The normalized spacial score (nSPS) is 17.2. The van der Waals surface area contributed by atoms with Crippen LogP contribution >= 0.6 is 0 Å². The Bertz CT molecular complexity index is 1140. The number of rotatable bonds is 5. The van der Waals surface area contributed by atoms with Crippen molar-refractivity contribution in [3.8, 4) is 0 Å². The molecular formula is C22H28FN7O. The number of imidazole rings is 2. The molecule has 9 heteroatoms. The van der Waals surface area contributed by atoms with E-state index in [1.54, 1.807) is 6.20 Å². The second kappa shape index (κ2) is 8.14. The average molecular weight is 426 g/mol. The van der Waals surface area contributed by atoms with E-state index in [0.717, 1.165) is 43.9 Å². The van der Waals surface area contributed by atoms with Crippen molar-refractivity contribution in [2.24, 2.45) is 18.2 Å². The molecule has 0 bridgehead atoms. The average Bonchev–Trinajstić information content (AvgIpc) is 3.35. The van der Waals surface area contributed by atoms with Gasteiger partial charge in [0.25, 0.3) is 5.91 Å². The molecule has 8 nitrogen and oxygen atoms in total. The van der Waals surface area contributed by atoms with Crippen LogP contribution in [0.3, 0.4) is 0 Å². The van der Waals surface area contributed by atoms with Gasteiger partial charge in [0.05, 0.1) is 17.6 Å². The number of nitrogens with zero attached hydrogens (tertiary/aromatic N) is 4. The van der Waals surface area contributed by atoms with Crippen molar-refractivity contribution in [2.75, 3.05) is 20.1 Å². The number of carbonyl (C=O) groups excluding carboxylic acids is 1. The van der Waals surface area contributed by atoms with Gasteiger partial charge in [-0.1, -0.05) is 6.92 Å². The highest BCUT2D eigenvalue weighted by Gasteiger charge is 2.36. The highest BCUT2D eigenvalue weighted by molar-refractivity contribution is 6.05. The molecule has 0 spiro atoms. The van der Waals surface area contributed by atoms with Crippen molar-refractivity contribution < 1.29 is 9.18 Å². The first-order valence-electron chi connectivity index (χ1n) is 10.4. The molecular weight excluding hydrogens is 397 g/mol. The lowest BCUT2D eigenvalue weighted by molar-refractivity contribution is 0.0964. The van der Waals surface area contributed by atoms with E-state index in [2.05, 4.69) is 32.1 Å². The third-order valence-corrected chi connectivity index (χ3v) is 6.34. The molecule has 1 saturated heterocycles. The molecule has 0 saturated carbocycles. The molecule has 31 heavy (non-hydrogen) atoms. The first kappa shape index (κ1) is 21.0. The number of carbonyl (C=O) groups is 1. The third-order valence-electron chi connectivity index (χ3n) is 6.34. The Kier molecular flexibility index (Phi) is 5.53. The predicted octanol–water partition coefficient (Wildman–Crippen LogP) is 2.40. The molecule has 1 fully saturated rings. The number of benzene rings is 1. The van der Waals surface area contributed by atoms with Gasteiger partial charge in [0.1, 0.15) is 23.0 Å². The largest absolute Gasteiger partial charge is 0.404 e. The first-order chi connectivity index (χ1) is 14.8. The molecule has 164 valence electrons. The summed E-state index contributed by atoms with van der Waals surface area (Å²) >= 11 is 0. The Morgan fingerprint density at radius 3 is 2.74 bits per heavy atom. The lowest BCUT2D eigenvalue weighted by Gasteiger charge is -2.40. The molecule has 1 aliphatic rings. The van der Waals surface area contributed by atoms with Crippen LogP contribution in [0.1, 0.15) is 41.8 Å². The van der Waals surface area contributed by atoms with E-state index >= 15 is 0 Å². The fourth-order valence-electron chi connectivity index (χ4n) is 4.31. The fraction of sp³-hybridized carbons (Fsp3) is 0.409. The van der Waals surface area contributed by atoms with Gasteiger partial charge in [-0.3, -0.25) is 9.69 Å². The monoisotopic (exact) mass is 425 g/mol. The minimum absolute atomic E-state index is 0.188. The van der Waals surface area contributed by atoms with Crippen LogP contribution in [0.25, 0.3) is 16.6 Å². The number of aryl methyl sites for hydroxylation is 1. The van der Waals surface area contributed by atoms with Gasteiger partial charge in [0.15, 0.2) is 0 Å². The van der Waals surface area contributed by atoms with E-state index in [9.17, 15) is 9.18 Å². The molecule has 3 aromatic rings. The maximum Gasteiger partial charge on any atom is 0.253 e. The van der Waals surface area contributed by atoms with E-state index < -0.39 is 5.82 Å². The van der Waals surface area contributed by atoms with Crippen molar-refractivity contribution in [2.45, 2.75) is 26.3 Å². The van der Waals surface area contributed by atoms with E-state index in [0.29, 0.717) is 16.9 Å². The summed E-state index contributed by atoms with van der Waals surface area (Å²) in [5.41, 5.74) is 7.86. The number of aromatic nitrogens is 4. The van der Waals surface area contributed by atoms with E-state index in [4.69, 9.17) is 5.73 Å². The minimum atomic E-state index is -0.492. The van der Waals surface area contributed by atoms with Crippen LogP contribution in [0, 0.1) is 11.2 Å². The molecule has 1 amide bonds. The van der Waals surface area contributed by atoms with Crippen LogP contribution in [0.4, 0.5) is 4.39 Å². The van der Waals surface area contributed by atoms with Gasteiger partial charge >= 0.3 is 0 Å². The molecule has 1 aromatic carbocycles. The predicted molar refractivity (Wildman–Crippen MR) is 117 cm³/mol. The van der Waals surface area contributed by atoms with Crippen molar-refractivity contribution in [1.82, 2.24) is 29.7 Å². The second-order valence-corrected chi connectivity index (χ2v) is 8.39. The SMILES string of the molecule is CNC(=O)c1cc(F)cc2[nH]c(C(=CN)C3(C)CCN(Cc4nccn4C)CC3)nc12. The maximum atomic E-state index is 14.1. The number of H-pyrrole nitrogens is 1. The Hall–Kier alpha value is -3.20. The van der Waals surface area contributed by atoms with Crippen LogP contribution in [-0.4, -0.2) is 50.5 Å². The van der Waals surface area contributed by atoms with E-state index in [-0.39, 0.29) is 16.9 Å². The number of likely N-dealkylation sites (tertiary alicyclic amines) is 1. The van der Waals surface area contributed by atoms with Gasteiger partial charge in [-0.25, -0.2) is 14.4 Å². The summed E-state index contributed by atoms with van der Waals surface area (Å²) in [6.07, 6.45) is 7.15. The Balaban J connectivity index is 1.58. The highest BCUT2D eigenvalue weighted by Crippen LogP contribution is 2.43. The Morgan fingerprint density at radius 1 is 1.39 bits per heavy atom. The molecule has 0 radical (unpaired) electrons. The molecule has 3 heterocycles. The number of halogens is 1. The quantitative estimate of drug-likeness (QED) is 0.582. The molecule has 1 aliphatic heterocycles. The molecule has 2 aromatic heterocycles. The summed E-state index contributed by atoms with van der Waals surface area (Å²) in [6, 6.07) is 2.56. The van der Waals surface area contributed by atoms with Crippen LogP contribution in [0.5, 0.6) is 0 Å². The zero-order valence-corrected chi connectivity index (χ0v) is 18.1. The van der Waals surface area contributed by atoms with Gasteiger partial charge in [0, 0.05) is 38.3 Å². The van der Waals surface area contributed by atoms with Gasteiger partial charge < -0.3 is 20.6 Å². The van der Waals surface area contributed by atoms with Crippen LogP contribution in [-0.2, 0) is 13.6 Å². The number of piperidine rings is 1. The summed E-state index contributed by atoms with van der Waals surface area (Å²) < 4.78 is 16.1. The summed E-state index contributed by atoms with van der Waals surface area (Å²) in [5, 5.41) is 2.54. The van der Waals surface area contributed by atoms with E-state index in [1.807, 2.05) is 24.0 Å². The standard InChI is InChI=1S/C22H28FN7O/c1-22(4-7-30(8-5-22)13-18-26-6-9-29(18)3)16(12-24)20-27-17-11-14(23)10-15(19(17)28-20)21(31)25-2/h6,9-12H,4-5,7-8,13,24H2,1-3H3,(H,25,31)(H,27,28). The van der Waals surface area contributed by atoms with E-state index in [1.165, 1.54) is 19.2 Å². The first-order valence-corrected chi connectivity index (χ1v) is 10.4. The van der Waals surface area contributed by atoms with Gasteiger partial charge in [-0.05, 0) is 43.5 Å². The number of aromatic amines is 1. The maximum absolute atomic E-state index is 14.1. The van der Waals surface area contributed by atoms with Crippen LogP contribution in [0.2, 0.25) is 0 Å². The molecule has 4 rings (SSSR count). The van der Waals surface area contributed by atoms with Crippen molar-refractivity contribution in [3.63, 3.8) is 0 Å². The van der Waals surface area contributed by atoms with Crippen LogP contribution < -0.4 is 11.1 Å². The number of fused-ring (bicyclic) bond motifs is 1. The Labute approximate surface area is 180 Å². The molecule has 0 aliphatic carbocycles.